The van der Waals surface area contributed by atoms with E-state index in [0.29, 0.717) is 13.0 Å². The Labute approximate surface area is 102 Å². The molecule has 94 valence electrons. The minimum absolute atomic E-state index is 0.219. The predicted octanol–water partition coefficient (Wildman–Crippen LogP) is 2.12. The van der Waals surface area contributed by atoms with E-state index >= 15 is 0 Å². The molecule has 0 aliphatic carbocycles. The lowest BCUT2D eigenvalue weighted by atomic mass is 9.91. The third kappa shape index (κ3) is 2.87. The van der Waals surface area contributed by atoms with Crippen molar-refractivity contribution in [1.29, 1.82) is 0 Å². The molecule has 0 saturated carbocycles. The van der Waals surface area contributed by atoms with Gasteiger partial charge in [-0.1, -0.05) is 20.8 Å². The molecule has 4 nitrogen and oxygen atoms in total. The standard InChI is InChI=1S/C13H20N2O2/c1-13(2,3)6-10-8-15-7-9(12(16)17)4-5-11(15)14-10/h8-9H,4-7H2,1-3H3,(H,16,17). The van der Waals surface area contributed by atoms with Crippen LogP contribution in [0.3, 0.4) is 0 Å². The lowest BCUT2D eigenvalue weighted by molar-refractivity contribution is -0.142. The second kappa shape index (κ2) is 4.17. The van der Waals surface area contributed by atoms with Crippen LogP contribution < -0.4 is 0 Å². The predicted molar refractivity (Wildman–Crippen MR) is 64.8 cm³/mol. The maximum atomic E-state index is 11.0. The van der Waals surface area contributed by atoms with Crippen molar-refractivity contribution < 1.29 is 9.90 Å². The second-order valence-corrected chi connectivity index (χ2v) is 6.11. The third-order valence-corrected chi connectivity index (χ3v) is 3.10. The summed E-state index contributed by atoms with van der Waals surface area (Å²) in [4.78, 5) is 15.6. The zero-order valence-electron chi connectivity index (χ0n) is 10.7. The van der Waals surface area contributed by atoms with Crippen LogP contribution in [0.2, 0.25) is 0 Å². The number of fused-ring (bicyclic) bond motifs is 1. The Balaban J connectivity index is 2.15. The molecule has 0 radical (unpaired) electrons. The summed E-state index contributed by atoms with van der Waals surface area (Å²) < 4.78 is 2.02. The fourth-order valence-electron chi connectivity index (χ4n) is 2.33. The quantitative estimate of drug-likeness (QED) is 0.855. The molecule has 1 atom stereocenters. The van der Waals surface area contributed by atoms with E-state index < -0.39 is 5.97 Å². The summed E-state index contributed by atoms with van der Waals surface area (Å²) in [6.07, 6.45) is 4.45. The Kier molecular flexibility index (Phi) is 2.98. The highest BCUT2D eigenvalue weighted by Crippen LogP contribution is 2.24. The van der Waals surface area contributed by atoms with Gasteiger partial charge >= 0.3 is 5.97 Å². The van der Waals surface area contributed by atoms with Gasteiger partial charge in [0.2, 0.25) is 0 Å². The number of imidazole rings is 1. The molecule has 1 aromatic rings. The molecule has 4 heteroatoms. The van der Waals surface area contributed by atoms with Crippen LogP contribution in [0.15, 0.2) is 6.20 Å². The molecule has 0 spiro atoms. The average molecular weight is 236 g/mol. The summed E-state index contributed by atoms with van der Waals surface area (Å²) in [7, 11) is 0. The number of rotatable bonds is 2. The molecule has 1 aliphatic heterocycles. The monoisotopic (exact) mass is 236 g/mol. The van der Waals surface area contributed by atoms with Crippen molar-refractivity contribution in [2.24, 2.45) is 11.3 Å². The maximum absolute atomic E-state index is 11.0. The van der Waals surface area contributed by atoms with Gasteiger partial charge in [-0.05, 0) is 18.3 Å². The minimum Gasteiger partial charge on any atom is -0.481 e. The lowest BCUT2D eigenvalue weighted by Crippen LogP contribution is -2.26. The normalized spacial score (nSPS) is 20.1. The smallest absolute Gasteiger partial charge is 0.308 e. The largest absolute Gasteiger partial charge is 0.481 e. The van der Waals surface area contributed by atoms with E-state index in [2.05, 4.69) is 25.8 Å². The number of carbonyl (C=O) groups is 1. The lowest BCUT2D eigenvalue weighted by Gasteiger charge is -2.19. The summed E-state index contributed by atoms with van der Waals surface area (Å²) in [6.45, 7) is 7.13. The summed E-state index contributed by atoms with van der Waals surface area (Å²) >= 11 is 0. The van der Waals surface area contributed by atoms with Gasteiger partial charge in [0.25, 0.3) is 0 Å². The van der Waals surface area contributed by atoms with Gasteiger partial charge in [0.05, 0.1) is 11.6 Å². The first-order valence-electron chi connectivity index (χ1n) is 6.13. The summed E-state index contributed by atoms with van der Waals surface area (Å²) in [5, 5.41) is 9.02. The molecule has 1 aromatic heterocycles. The summed E-state index contributed by atoms with van der Waals surface area (Å²) in [6, 6.07) is 0. The highest BCUT2D eigenvalue weighted by Gasteiger charge is 2.26. The van der Waals surface area contributed by atoms with Crippen molar-refractivity contribution in [2.75, 3.05) is 0 Å². The van der Waals surface area contributed by atoms with E-state index in [1.165, 1.54) is 0 Å². The van der Waals surface area contributed by atoms with Crippen molar-refractivity contribution in [3.05, 3.63) is 17.7 Å². The first kappa shape index (κ1) is 12.1. The molecule has 0 bridgehead atoms. The van der Waals surface area contributed by atoms with Crippen molar-refractivity contribution >= 4 is 5.97 Å². The first-order valence-corrected chi connectivity index (χ1v) is 6.13. The van der Waals surface area contributed by atoms with E-state index in [9.17, 15) is 4.79 Å². The number of carboxylic acids is 1. The molecule has 1 aliphatic rings. The molecule has 2 heterocycles. The zero-order valence-corrected chi connectivity index (χ0v) is 10.7. The van der Waals surface area contributed by atoms with Gasteiger partial charge in [-0.15, -0.1) is 0 Å². The molecule has 0 fully saturated rings. The molecule has 1 unspecified atom stereocenters. The molecule has 17 heavy (non-hydrogen) atoms. The number of aryl methyl sites for hydroxylation is 1. The topological polar surface area (TPSA) is 55.1 Å². The van der Waals surface area contributed by atoms with Crippen LogP contribution >= 0.6 is 0 Å². The van der Waals surface area contributed by atoms with E-state index in [-0.39, 0.29) is 11.3 Å². The highest BCUT2D eigenvalue weighted by atomic mass is 16.4. The molecular weight excluding hydrogens is 216 g/mol. The third-order valence-electron chi connectivity index (χ3n) is 3.10. The Hall–Kier alpha value is -1.32. The fourth-order valence-corrected chi connectivity index (χ4v) is 2.33. The molecule has 0 aromatic carbocycles. The second-order valence-electron chi connectivity index (χ2n) is 6.11. The van der Waals surface area contributed by atoms with Crippen LogP contribution in [0, 0.1) is 11.3 Å². The Morgan fingerprint density at radius 1 is 1.59 bits per heavy atom. The molecule has 0 amide bonds. The van der Waals surface area contributed by atoms with Crippen LogP contribution in [-0.2, 0) is 24.2 Å². The van der Waals surface area contributed by atoms with Crippen LogP contribution in [-0.4, -0.2) is 20.6 Å². The Bertz CT molecular complexity index is 429. The van der Waals surface area contributed by atoms with Crippen molar-refractivity contribution in [3.8, 4) is 0 Å². The number of nitrogens with zero attached hydrogens (tertiary/aromatic N) is 2. The highest BCUT2D eigenvalue weighted by molar-refractivity contribution is 5.70. The van der Waals surface area contributed by atoms with E-state index in [4.69, 9.17) is 5.11 Å². The Morgan fingerprint density at radius 3 is 2.88 bits per heavy atom. The molecule has 0 saturated heterocycles. The first-order chi connectivity index (χ1) is 7.85. The van der Waals surface area contributed by atoms with Crippen LogP contribution in [0.1, 0.15) is 38.7 Å². The van der Waals surface area contributed by atoms with E-state index in [1.807, 2.05) is 10.8 Å². The molecular formula is C13H20N2O2. The number of aromatic nitrogens is 2. The van der Waals surface area contributed by atoms with Gasteiger partial charge < -0.3 is 9.67 Å². The fraction of sp³-hybridized carbons (Fsp3) is 0.692. The van der Waals surface area contributed by atoms with E-state index in [0.717, 1.165) is 24.4 Å². The van der Waals surface area contributed by atoms with Crippen molar-refractivity contribution in [3.63, 3.8) is 0 Å². The number of hydrogen-bond donors (Lipinski definition) is 1. The number of carboxylic acid groups (broad SMARTS) is 1. The number of hydrogen-bond acceptors (Lipinski definition) is 2. The van der Waals surface area contributed by atoms with Gasteiger partial charge in [-0.2, -0.15) is 0 Å². The van der Waals surface area contributed by atoms with Gasteiger partial charge in [0.1, 0.15) is 5.82 Å². The van der Waals surface area contributed by atoms with Gasteiger partial charge in [-0.3, -0.25) is 4.79 Å². The van der Waals surface area contributed by atoms with E-state index in [1.54, 1.807) is 0 Å². The summed E-state index contributed by atoms with van der Waals surface area (Å²) in [5.41, 5.74) is 1.30. The SMILES string of the molecule is CC(C)(C)Cc1cn2c(n1)CCC(C(=O)O)C2. The van der Waals surface area contributed by atoms with Gasteiger partial charge in [0.15, 0.2) is 0 Å². The molecule has 1 N–H and O–H groups in total. The van der Waals surface area contributed by atoms with Crippen LogP contribution in [0.5, 0.6) is 0 Å². The maximum Gasteiger partial charge on any atom is 0.308 e. The zero-order chi connectivity index (χ0) is 12.6. The van der Waals surface area contributed by atoms with Gasteiger partial charge in [0, 0.05) is 19.2 Å². The Morgan fingerprint density at radius 2 is 2.29 bits per heavy atom. The molecule has 2 rings (SSSR count). The van der Waals surface area contributed by atoms with Gasteiger partial charge in [-0.25, -0.2) is 4.98 Å². The van der Waals surface area contributed by atoms with Crippen molar-refractivity contribution in [1.82, 2.24) is 9.55 Å². The van der Waals surface area contributed by atoms with Crippen LogP contribution in [0.25, 0.3) is 0 Å². The minimum atomic E-state index is -0.693. The number of aliphatic carboxylic acids is 1. The van der Waals surface area contributed by atoms with Crippen LogP contribution in [0.4, 0.5) is 0 Å². The van der Waals surface area contributed by atoms with Crippen molar-refractivity contribution in [2.45, 2.75) is 46.6 Å². The average Bonchev–Trinajstić information content (AvgIpc) is 2.54. The summed E-state index contributed by atoms with van der Waals surface area (Å²) in [5.74, 6) is 0.0997.